The molecular formula is C26H42N2O. The summed E-state index contributed by atoms with van der Waals surface area (Å²) in [6.45, 7) is 9.37. The van der Waals surface area contributed by atoms with E-state index in [1.807, 2.05) is 0 Å². The number of rotatable bonds is 6. The fraction of sp³-hybridized carbons (Fsp3) is 0.769. The molecule has 0 spiro atoms. The van der Waals surface area contributed by atoms with Gasteiger partial charge in [0.2, 0.25) is 0 Å². The maximum absolute atomic E-state index is 12.5. The van der Waals surface area contributed by atoms with Crippen LogP contribution >= 0.6 is 0 Å². The number of aliphatic hydroxyl groups is 1. The molecule has 0 bridgehead atoms. The molecule has 0 aromatic heterocycles. The molecule has 2 saturated heterocycles. The molecular weight excluding hydrogens is 356 g/mol. The van der Waals surface area contributed by atoms with Crippen molar-refractivity contribution in [3.63, 3.8) is 0 Å². The van der Waals surface area contributed by atoms with Gasteiger partial charge in [-0.25, -0.2) is 0 Å². The highest BCUT2D eigenvalue weighted by molar-refractivity contribution is 5.24. The maximum atomic E-state index is 12.5. The quantitative estimate of drug-likeness (QED) is 0.737. The lowest BCUT2D eigenvalue weighted by atomic mass is 9.61. The summed E-state index contributed by atoms with van der Waals surface area (Å²) in [5, 5.41) is 12.5. The monoisotopic (exact) mass is 398 g/mol. The van der Waals surface area contributed by atoms with Crippen molar-refractivity contribution < 1.29 is 5.11 Å². The number of hydrogen-bond donors (Lipinski definition) is 1. The minimum absolute atomic E-state index is 0.189. The van der Waals surface area contributed by atoms with E-state index < -0.39 is 5.60 Å². The summed E-state index contributed by atoms with van der Waals surface area (Å²) in [7, 11) is 0. The summed E-state index contributed by atoms with van der Waals surface area (Å²) in [6, 6.07) is 10.8. The smallest absolute Gasteiger partial charge is 0.0793 e. The predicted octanol–water partition coefficient (Wildman–Crippen LogP) is 4.91. The zero-order chi connectivity index (χ0) is 20.1. The van der Waals surface area contributed by atoms with E-state index in [1.165, 1.54) is 89.5 Å². The molecule has 162 valence electrons. The van der Waals surface area contributed by atoms with Crippen LogP contribution in [0.15, 0.2) is 30.3 Å². The van der Waals surface area contributed by atoms with Crippen LogP contribution in [-0.2, 0) is 0 Å². The second-order valence-electron chi connectivity index (χ2n) is 10.1. The summed E-state index contributed by atoms with van der Waals surface area (Å²) >= 11 is 0. The second-order valence-corrected chi connectivity index (χ2v) is 10.1. The Morgan fingerprint density at radius 3 is 1.76 bits per heavy atom. The van der Waals surface area contributed by atoms with Gasteiger partial charge in [-0.2, -0.15) is 0 Å². The van der Waals surface area contributed by atoms with E-state index in [4.69, 9.17) is 0 Å². The highest BCUT2D eigenvalue weighted by atomic mass is 16.3. The third-order valence-corrected chi connectivity index (χ3v) is 8.26. The van der Waals surface area contributed by atoms with Gasteiger partial charge in [0.05, 0.1) is 5.60 Å². The molecule has 3 atom stereocenters. The average molecular weight is 399 g/mol. The number of nitrogens with zero attached hydrogens (tertiary/aromatic N) is 2. The van der Waals surface area contributed by atoms with Gasteiger partial charge in [0.25, 0.3) is 0 Å². The molecule has 3 unspecified atom stereocenters. The Labute approximate surface area is 178 Å². The number of hydrogen-bond acceptors (Lipinski definition) is 3. The molecule has 1 aromatic carbocycles. The lowest BCUT2D eigenvalue weighted by molar-refractivity contribution is -0.127. The van der Waals surface area contributed by atoms with Gasteiger partial charge in [0, 0.05) is 30.8 Å². The Hall–Kier alpha value is -0.900. The van der Waals surface area contributed by atoms with Gasteiger partial charge >= 0.3 is 0 Å². The van der Waals surface area contributed by atoms with Gasteiger partial charge in [-0.3, -0.25) is 0 Å². The van der Waals surface area contributed by atoms with E-state index in [9.17, 15) is 5.11 Å². The van der Waals surface area contributed by atoms with Crippen LogP contribution in [0.3, 0.4) is 0 Å². The van der Waals surface area contributed by atoms with Crippen molar-refractivity contribution >= 4 is 0 Å². The summed E-state index contributed by atoms with van der Waals surface area (Å²) in [6.07, 6.45) is 11.7. The van der Waals surface area contributed by atoms with Crippen molar-refractivity contribution in [2.75, 3.05) is 39.3 Å². The molecule has 3 aliphatic rings. The molecule has 3 fully saturated rings. The Morgan fingerprint density at radius 1 is 0.793 bits per heavy atom. The van der Waals surface area contributed by atoms with Crippen LogP contribution in [0.5, 0.6) is 0 Å². The zero-order valence-corrected chi connectivity index (χ0v) is 18.6. The van der Waals surface area contributed by atoms with Gasteiger partial charge in [-0.05, 0) is 70.3 Å². The molecule has 4 rings (SSSR count). The Morgan fingerprint density at radius 2 is 1.28 bits per heavy atom. The molecule has 0 radical (unpaired) electrons. The minimum Gasteiger partial charge on any atom is -0.389 e. The number of piperidine rings is 2. The average Bonchev–Trinajstić information content (AvgIpc) is 2.78. The molecule has 1 saturated carbocycles. The summed E-state index contributed by atoms with van der Waals surface area (Å²) in [5.41, 5.74) is 0.707. The lowest BCUT2D eigenvalue weighted by Gasteiger charge is -2.52. The topological polar surface area (TPSA) is 26.7 Å². The highest BCUT2D eigenvalue weighted by Gasteiger charge is 2.50. The van der Waals surface area contributed by atoms with Gasteiger partial charge in [0.1, 0.15) is 0 Å². The molecule has 0 amide bonds. The minimum atomic E-state index is -0.603. The normalized spacial score (nSPS) is 33.4. The van der Waals surface area contributed by atoms with E-state index in [-0.39, 0.29) is 5.92 Å². The van der Waals surface area contributed by atoms with Crippen molar-refractivity contribution in [3.8, 4) is 0 Å². The Bertz CT molecular complexity index is 578. The van der Waals surface area contributed by atoms with Crippen LogP contribution in [-0.4, -0.2) is 59.8 Å². The maximum Gasteiger partial charge on any atom is 0.0793 e. The van der Waals surface area contributed by atoms with E-state index in [2.05, 4.69) is 47.1 Å². The zero-order valence-electron chi connectivity index (χ0n) is 18.6. The first-order valence-corrected chi connectivity index (χ1v) is 12.4. The number of benzene rings is 1. The number of likely N-dealkylation sites (tertiary alicyclic amines) is 2. The fourth-order valence-electron chi connectivity index (χ4n) is 6.50. The highest BCUT2D eigenvalue weighted by Crippen LogP contribution is 2.48. The van der Waals surface area contributed by atoms with Crippen molar-refractivity contribution in [1.29, 1.82) is 0 Å². The standard InChI is InChI=1S/C26H42N2O/c1-22(23-12-5-2-6-13-23)26(29)24(20-27-16-7-3-8-17-27)14-11-15-25(26)21-28-18-9-4-10-19-28/h2,5-6,12-13,22,24-25,29H,3-4,7-11,14-21H2,1H3. The molecule has 3 heteroatoms. The molecule has 29 heavy (non-hydrogen) atoms. The van der Waals surface area contributed by atoms with Crippen LogP contribution in [0.2, 0.25) is 0 Å². The first-order valence-electron chi connectivity index (χ1n) is 12.4. The Kier molecular flexibility index (Phi) is 7.31. The molecule has 2 aliphatic heterocycles. The molecule has 1 N–H and O–H groups in total. The molecule has 1 aliphatic carbocycles. The summed E-state index contributed by atoms with van der Waals surface area (Å²) in [5.74, 6) is 0.965. The van der Waals surface area contributed by atoms with E-state index in [0.717, 1.165) is 13.1 Å². The van der Waals surface area contributed by atoms with Crippen LogP contribution in [0.4, 0.5) is 0 Å². The molecule has 2 heterocycles. The fourth-order valence-corrected chi connectivity index (χ4v) is 6.50. The lowest BCUT2D eigenvalue weighted by Crippen LogP contribution is -2.58. The predicted molar refractivity (Wildman–Crippen MR) is 121 cm³/mol. The van der Waals surface area contributed by atoms with Crippen molar-refractivity contribution in [3.05, 3.63) is 35.9 Å². The second kappa shape index (κ2) is 9.94. The summed E-state index contributed by atoms with van der Waals surface area (Å²) < 4.78 is 0. The van der Waals surface area contributed by atoms with Gasteiger partial charge < -0.3 is 14.9 Å². The van der Waals surface area contributed by atoms with E-state index in [1.54, 1.807) is 0 Å². The van der Waals surface area contributed by atoms with Crippen molar-refractivity contribution in [2.45, 2.75) is 76.2 Å². The van der Waals surface area contributed by atoms with Crippen LogP contribution < -0.4 is 0 Å². The first kappa shape index (κ1) is 21.3. The van der Waals surface area contributed by atoms with E-state index >= 15 is 0 Å². The molecule has 3 nitrogen and oxygen atoms in total. The first-order chi connectivity index (χ1) is 14.2. The van der Waals surface area contributed by atoms with E-state index in [0.29, 0.717) is 11.8 Å². The third kappa shape index (κ3) is 4.89. The van der Waals surface area contributed by atoms with Crippen molar-refractivity contribution in [1.82, 2.24) is 9.80 Å². The van der Waals surface area contributed by atoms with Gasteiger partial charge in [-0.15, -0.1) is 0 Å². The largest absolute Gasteiger partial charge is 0.389 e. The van der Waals surface area contributed by atoms with Gasteiger partial charge in [0.15, 0.2) is 0 Å². The van der Waals surface area contributed by atoms with Gasteiger partial charge in [-0.1, -0.05) is 56.5 Å². The molecule has 1 aromatic rings. The summed E-state index contributed by atoms with van der Waals surface area (Å²) in [4.78, 5) is 5.31. The van der Waals surface area contributed by atoms with Crippen LogP contribution in [0.1, 0.15) is 76.2 Å². The van der Waals surface area contributed by atoms with Crippen LogP contribution in [0, 0.1) is 11.8 Å². The third-order valence-electron chi connectivity index (χ3n) is 8.26. The van der Waals surface area contributed by atoms with Crippen LogP contribution in [0.25, 0.3) is 0 Å². The SMILES string of the molecule is CC(c1ccccc1)C1(O)C(CN2CCCCC2)CCCC1CN1CCCCC1. The Balaban J connectivity index is 1.58. The van der Waals surface area contributed by atoms with Crippen molar-refractivity contribution in [2.24, 2.45) is 11.8 Å².